The summed E-state index contributed by atoms with van der Waals surface area (Å²) in [5, 5.41) is 4.42. The predicted octanol–water partition coefficient (Wildman–Crippen LogP) is 2.15. The lowest BCUT2D eigenvalue weighted by molar-refractivity contribution is 0.112. The second-order valence-electron chi connectivity index (χ2n) is 4.28. The molecule has 0 saturated heterocycles. The molecular weight excluding hydrogens is 268 g/mol. The zero-order valence-corrected chi connectivity index (χ0v) is 11.3. The summed E-state index contributed by atoms with van der Waals surface area (Å²) in [7, 11) is 1.61. The van der Waals surface area contributed by atoms with Crippen molar-refractivity contribution in [3.63, 3.8) is 0 Å². The number of carbonyl (C=O) groups is 1. The van der Waals surface area contributed by atoms with Gasteiger partial charge in [-0.3, -0.25) is 14.8 Å². The molecule has 0 aliphatic carbocycles. The van der Waals surface area contributed by atoms with Crippen LogP contribution in [0.3, 0.4) is 0 Å². The smallest absolute Gasteiger partial charge is 0.153 e. The summed E-state index contributed by atoms with van der Waals surface area (Å²) >= 11 is 0. The first-order valence-corrected chi connectivity index (χ1v) is 6.27. The molecule has 0 spiro atoms. The number of hydrogen-bond acceptors (Lipinski definition) is 5. The van der Waals surface area contributed by atoms with Crippen LogP contribution >= 0.6 is 0 Å². The van der Waals surface area contributed by atoms with Crippen LogP contribution in [0.1, 0.15) is 10.4 Å². The van der Waals surface area contributed by atoms with Gasteiger partial charge in [0.05, 0.1) is 24.6 Å². The number of rotatable bonds is 4. The van der Waals surface area contributed by atoms with Crippen molar-refractivity contribution < 1.29 is 9.53 Å². The summed E-state index contributed by atoms with van der Waals surface area (Å²) in [6.07, 6.45) is 7.14. The van der Waals surface area contributed by atoms with Crippen LogP contribution in [0.25, 0.3) is 17.1 Å². The number of aromatic nitrogens is 4. The molecule has 3 aromatic rings. The molecule has 3 rings (SSSR count). The van der Waals surface area contributed by atoms with Gasteiger partial charge in [0.25, 0.3) is 0 Å². The summed E-state index contributed by atoms with van der Waals surface area (Å²) in [4.78, 5) is 19.4. The van der Waals surface area contributed by atoms with Gasteiger partial charge < -0.3 is 4.74 Å². The van der Waals surface area contributed by atoms with E-state index in [9.17, 15) is 4.79 Å². The molecule has 0 saturated carbocycles. The first kappa shape index (κ1) is 13.0. The average Bonchev–Trinajstić information content (AvgIpc) is 3.00. The van der Waals surface area contributed by atoms with Crippen LogP contribution in [-0.4, -0.2) is 33.1 Å². The Morgan fingerprint density at radius 1 is 1.19 bits per heavy atom. The minimum absolute atomic E-state index is 0.464. The van der Waals surface area contributed by atoms with Gasteiger partial charge >= 0.3 is 0 Å². The number of benzene rings is 1. The summed E-state index contributed by atoms with van der Waals surface area (Å²) in [5.41, 5.74) is 2.36. The Morgan fingerprint density at radius 2 is 2.00 bits per heavy atom. The Bertz CT molecular complexity index is 751. The van der Waals surface area contributed by atoms with Crippen molar-refractivity contribution >= 4 is 6.29 Å². The van der Waals surface area contributed by atoms with E-state index >= 15 is 0 Å². The number of methoxy groups -OCH3 is 1. The molecule has 0 aliphatic rings. The first-order valence-electron chi connectivity index (χ1n) is 6.27. The maximum absolute atomic E-state index is 11.2. The van der Waals surface area contributed by atoms with E-state index in [2.05, 4.69) is 15.1 Å². The molecule has 0 aliphatic heterocycles. The monoisotopic (exact) mass is 280 g/mol. The molecule has 0 fully saturated rings. The van der Waals surface area contributed by atoms with Crippen molar-refractivity contribution in [3.05, 3.63) is 54.6 Å². The minimum Gasteiger partial charge on any atom is -0.497 e. The third kappa shape index (κ3) is 2.51. The summed E-state index contributed by atoms with van der Waals surface area (Å²) < 4.78 is 6.75. The van der Waals surface area contributed by atoms with Crippen molar-refractivity contribution in [1.82, 2.24) is 19.7 Å². The zero-order valence-electron chi connectivity index (χ0n) is 11.3. The summed E-state index contributed by atoms with van der Waals surface area (Å²) in [6.45, 7) is 0. The van der Waals surface area contributed by atoms with E-state index < -0.39 is 0 Å². The number of ether oxygens (including phenoxy) is 1. The molecule has 2 heterocycles. The molecule has 0 unspecified atom stereocenters. The molecule has 6 nitrogen and oxygen atoms in total. The Kier molecular flexibility index (Phi) is 3.42. The Hall–Kier alpha value is -3.02. The van der Waals surface area contributed by atoms with Crippen LogP contribution in [0.4, 0.5) is 0 Å². The standard InChI is InChI=1S/C15H12N4O2/c1-21-13-4-2-12(3-5-13)19-9-11(10-20)15(18-19)14-8-16-6-7-17-14/h2-10H,1H3. The lowest BCUT2D eigenvalue weighted by Crippen LogP contribution is -1.95. The zero-order chi connectivity index (χ0) is 14.7. The largest absolute Gasteiger partial charge is 0.497 e. The number of aldehydes is 1. The third-order valence-electron chi connectivity index (χ3n) is 3.01. The maximum atomic E-state index is 11.2. The van der Waals surface area contributed by atoms with Crippen LogP contribution in [-0.2, 0) is 0 Å². The molecule has 2 aromatic heterocycles. The van der Waals surface area contributed by atoms with Crippen LogP contribution in [0, 0.1) is 0 Å². The van der Waals surface area contributed by atoms with Crippen LogP contribution in [0.2, 0.25) is 0 Å². The van der Waals surface area contributed by atoms with Gasteiger partial charge in [-0.25, -0.2) is 4.68 Å². The molecule has 104 valence electrons. The van der Waals surface area contributed by atoms with E-state index in [1.54, 1.807) is 36.6 Å². The van der Waals surface area contributed by atoms with E-state index in [1.165, 1.54) is 0 Å². The molecular formula is C15H12N4O2. The second-order valence-corrected chi connectivity index (χ2v) is 4.28. The van der Waals surface area contributed by atoms with Crippen molar-refractivity contribution in [2.24, 2.45) is 0 Å². The normalized spacial score (nSPS) is 10.3. The van der Waals surface area contributed by atoms with Gasteiger partial charge in [-0.2, -0.15) is 5.10 Å². The van der Waals surface area contributed by atoms with Gasteiger partial charge in [-0.05, 0) is 24.3 Å². The highest BCUT2D eigenvalue weighted by Crippen LogP contribution is 2.21. The quantitative estimate of drug-likeness (QED) is 0.685. The molecule has 6 heteroatoms. The minimum atomic E-state index is 0.464. The van der Waals surface area contributed by atoms with Crippen molar-refractivity contribution in [3.8, 4) is 22.8 Å². The molecule has 0 radical (unpaired) electrons. The Morgan fingerprint density at radius 3 is 2.62 bits per heavy atom. The van der Waals surface area contributed by atoms with Crippen molar-refractivity contribution in [1.29, 1.82) is 0 Å². The molecule has 1 aromatic carbocycles. The molecule has 0 amide bonds. The lowest BCUT2D eigenvalue weighted by Gasteiger charge is -2.03. The number of hydrogen-bond donors (Lipinski definition) is 0. The third-order valence-corrected chi connectivity index (χ3v) is 3.01. The SMILES string of the molecule is COc1ccc(-n2cc(C=O)c(-c3cnccn3)n2)cc1. The average molecular weight is 280 g/mol. The Labute approximate surface area is 121 Å². The Balaban J connectivity index is 2.04. The first-order chi connectivity index (χ1) is 10.3. The van der Waals surface area contributed by atoms with E-state index in [-0.39, 0.29) is 0 Å². The predicted molar refractivity (Wildman–Crippen MR) is 76.5 cm³/mol. The molecule has 0 atom stereocenters. The fourth-order valence-corrected chi connectivity index (χ4v) is 1.96. The highest BCUT2D eigenvalue weighted by molar-refractivity contribution is 5.84. The number of carbonyl (C=O) groups excluding carboxylic acids is 1. The van der Waals surface area contributed by atoms with Gasteiger partial charge in [0.15, 0.2) is 6.29 Å². The highest BCUT2D eigenvalue weighted by atomic mass is 16.5. The van der Waals surface area contributed by atoms with Gasteiger partial charge in [0, 0.05) is 18.6 Å². The van der Waals surface area contributed by atoms with Gasteiger partial charge in [-0.15, -0.1) is 0 Å². The fourth-order valence-electron chi connectivity index (χ4n) is 1.96. The van der Waals surface area contributed by atoms with E-state index in [0.29, 0.717) is 17.0 Å². The number of nitrogens with zero attached hydrogens (tertiary/aromatic N) is 4. The second kappa shape index (κ2) is 5.54. The maximum Gasteiger partial charge on any atom is 0.153 e. The highest BCUT2D eigenvalue weighted by Gasteiger charge is 2.12. The van der Waals surface area contributed by atoms with Gasteiger partial charge in [0.2, 0.25) is 0 Å². The van der Waals surface area contributed by atoms with Crippen molar-refractivity contribution in [2.45, 2.75) is 0 Å². The van der Waals surface area contributed by atoms with Gasteiger partial charge in [0.1, 0.15) is 17.1 Å². The van der Waals surface area contributed by atoms with Crippen LogP contribution < -0.4 is 4.74 Å². The summed E-state index contributed by atoms with van der Waals surface area (Å²) in [5.74, 6) is 0.760. The van der Waals surface area contributed by atoms with E-state index in [1.807, 2.05) is 24.3 Å². The molecule has 21 heavy (non-hydrogen) atoms. The van der Waals surface area contributed by atoms with Crippen molar-refractivity contribution in [2.75, 3.05) is 7.11 Å². The van der Waals surface area contributed by atoms with Gasteiger partial charge in [-0.1, -0.05) is 0 Å². The molecule has 0 bridgehead atoms. The topological polar surface area (TPSA) is 69.9 Å². The lowest BCUT2D eigenvalue weighted by atomic mass is 10.2. The van der Waals surface area contributed by atoms with E-state index in [0.717, 1.165) is 17.7 Å². The van der Waals surface area contributed by atoms with E-state index in [4.69, 9.17) is 4.74 Å². The molecule has 0 N–H and O–H groups in total. The fraction of sp³-hybridized carbons (Fsp3) is 0.0667. The summed E-state index contributed by atoms with van der Waals surface area (Å²) in [6, 6.07) is 7.39. The van der Waals surface area contributed by atoms with Crippen LogP contribution in [0.5, 0.6) is 5.75 Å². The van der Waals surface area contributed by atoms with Crippen LogP contribution in [0.15, 0.2) is 49.1 Å².